The summed E-state index contributed by atoms with van der Waals surface area (Å²) >= 11 is 0. The number of nitrogens with two attached hydrogens (primary N) is 1. The number of hydrogen-bond acceptors (Lipinski definition) is 3. The summed E-state index contributed by atoms with van der Waals surface area (Å²) < 4.78 is 26.4. The van der Waals surface area contributed by atoms with Crippen molar-refractivity contribution in [2.75, 3.05) is 7.05 Å². The Bertz CT molecular complexity index is 531. The Morgan fingerprint density at radius 2 is 2.24 bits per heavy atom. The summed E-state index contributed by atoms with van der Waals surface area (Å²) in [4.78, 5) is 18.0. The summed E-state index contributed by atoms with van der Waals surface area (Å²) in [7, 11) is 1.63. The number of hydrogen-bond donors (Lipinski definition) is 1. The Labute approximate surface area is 122 Å². The second-order valence-corrected chi connectivity index (χ2v) is 6.16. The van der Waals surface area contributed by atoms with Crippen LogP contribution in [-0.2, 0) is 11.3 Å². The van der Waals surface area contributed by atoms with E-state index in [4.69, 9.17) is 5.73 Å². The quantitative estimate of drug-likeness (QED) is 0.918. The largest absolute Gasteiger partial charge is 0.338 e. The highest BCUT2D eigenvalue weighted by molar-refractivity contribution is 5.80. The van der Waals surface area contributed by atoms with Crippen molar-refractivity contribution in [1.82, 2.24) is 14.5 Å². The summed E-state index contributed by atoms with van der Waals surface area (Å²) in [5.41, 5.74) is 6.17. The van der Waals surface area contributed by atoms with Gasteiger partial charge >= 0.3 is 6.55 Å². The van der Waals surface area contributed by atoms with Crippen LogP contribution in [0.25, 0.3) is 0 Å². The monoisotopic (exact) mass is 298 g/mol. The molecule has 116 valence electrons. The Hall–Kier alpha value is -1.50. The van der Waals surface area contributed by atoms with E-state index in [2.05, 4.69) is 4.98 Å². The molecule has 2 aliphatic rings. The lowest BCUT2D eigenvalue weighted by atomic mass is 9.84. The molecule has 0 aromatic carbocycles. The van der Waals surface area contributed by atoms with Crippen molar-refractivity contribution in [2.45, 2.75) is 38.4 Å². The molecule has 0 saturated heterocycles. The Balaban J connectivity index is 1.69. The number of fused-ring (bicyclic) bond motifs is 2. The van der Waals surface area contributed by atoms with Crippen LogP contribution in [0.2, 0.25) is 0 Å². The summed E-state index contributed by atoms with van der Waals surface area (Å²) in [6.45, 7) is -2.56. The SMILES string of the molecule is CN(Cc1nccn1C(F)F)C(=O)C1C2CCC(C2)C1N. The number of halogens is 2. The fourth-order valence-corrected chi connectivity index (χ4v) is 3.89. The predicted octanol–water partition coefficient (Wildman–Crippen LogP) is 1.61. The number of carbonyl (C=O) groups excluding carboxylic acids is 1. The van der Waals surface area contributed by atoms with E-state index in [0.29, 0.717) is 11.8 Å². The lowest BCUT2D eigenvalue weighted by Crippen LogP contribution is -2.45. The molecule has 3 rings (SSSR count). The molecule has 1 aromatic rings. The summed E-state index contributed by atoms with van der Waals surface area (Å²) in [5.74, 6) is 0.787. The molecule has 0 aliphatic heterocycles. The molecule has 5 nitrogen and oxygen atoms in total. The summed E-state index contributed by atoms with van der Waals surface area (Å²) in [6, 6.07) is -0.0893. The molecule has 2 bridgehead atoms. The first-order valence-electron chi connectivity index (χ1n) is 7.29. The zero-order valence-corrected chi connectivity index (χ0v) is 12.0. The zero-order valence-electron chi connectivity index (χ0n) is 12.0. The molecule has 2 saturated carbocycles. The van der Waals surface area contributed by atoms with E-state index in [1.165, 1.54) is 17.3 Å². The van der Waals surface area contributed by atoms with Gasteiger partial charge in [0, 0.05) is 25.5 Å². The van der Waals surface area contributed by atoms with Crippen LogP contribution in [-0.4, -0.2) is 33.4 Å². The molecule has 2 aliphatic carbocycles. The molecule has 7 heteroatoms. The fraction of sp³-hybridized carbons (Fsp3) is 0.714. The molecule has 1 heterocycles. The van der Waals surface area contributed by atoms with Crippen molar-refractivity contribution in [2.24, 2.45) is 23.5 Å². The van der Waals surface area contributed by atoms with Gasteiger partial charge in [0.1, 0.15) is 5.82 Å². The van der Waals surface area contributed by atoms with Crippen molar-refractivity contribution in [1.29, 1.82) is 0 Å². The van der Waals surface area contributed by atoms with Gasteiger partial charge < -0.3 is 10.6 Å². The van der Waals surface area contributed by atoms with Gasteiger partial charge in [-0.2, -0.15) is 8.78 Å². The highest BCUT2D eigenvalue weighted by Crippen LogP contribution is 2.48. The molecule has 0 radical (unpaired) electrons. The zero-order chi connectivity index (χ0) is 15.1. The number of amides is 1. The normalized spacial score (nSPS) is 31.1. The molecule has 4 atom stereocenters. The van der Waals surface area contributed by atoms with Crippen molar-refractivity contribution in [3.63, 3.8) is 0 Å². The van der Waals surface area contributed by atoms with Crippen LogP contribution < -0.4 is 5.73 Å². The van der Waals surface area contributed by atoms with Crippen LogP contribution in [0.1, 0.15) is 31.6 Å². The van der Waals surface area contributed by atoms with Gasteiger partial charge in [0.15, 0.2) is 0 Å². The van der Waals surface area contributed by atoms with Gasteiger partial charge in [-0.3, -0.25) is 9.36 Å². The number of nitrogens with zero attached hydrogens (tertiary/aromatic N) is 3. The van der Waals surface area contributed by atoms with Gasteiger partial charge in [-0.1, -0.05) is 0 Å². The van der Waals surface area contributed by atoms with Crippen LogP contribution in [0.15, 0.2) is 12.4 Å². The first-order chi connectivity index (χ1) is 9.99. The van der Waals surface area contributed by atoms with Crippen LogP contribution in [0.5, 0.6) is 0 Å². The van der Waals surface area contributed by atoms with Crippen molar-refractivity contribution >= 4 is 5.91 Å². The molecular weight excluding hydrogens is 278 g/mol. The molecular formula is C14H20F2N4O. The van der Waals surface area contributed by atoms with E-state index in [9.17, 15) is 13.6 Å². The van der Waals surface area contributed by atoms with Crippen LogP contribution in [0, 0.1) is 17.8 Å². The van der Waals surface area contributed by atoms with E-state index < -0.39 is 6.55 Å². The molecule has 1 amide bonds. The lowest BCUT2D eigenvalue weighted by molar-refractivity contribution is -0.137. The van der Waals surface area contributed by atoms with E-state index >= 15 is 0 Å². The maximum Gasteiger partial charge on any atom is 0.319 e. The number of carbonyl (C=O) groups is 1. The van der Waals surface area contributed by atoms with Gasteiger partial charge in [-0.05, 0) is 31.1 Å². The second-order valence-electron chi connectivity index (χ2n) is 6.16. The minimum atomic E-state index is -2.64. The van der Waals surface area contributed by atoms with E-state index in [0.717, 1.165) is 23.8 Å². The van der Waals surface area contributed by atoms with Crippen LogP contribution in [0.4, 0.5) is 8.78 Å². The van der Waals surface area contributed by atoms with E-state index in [-0.39, 0.29) is 30.2 Å². The second kappa shape index (κ2) is 5.36. The van der Waals surface area contributed by atoms with E-state index in [1.807, 2.05) is 0 Å². The van der Waals surface area contributed by atoms with Gasteiger partial charge in [0.25, 0.3) is 0 Å². The first kappa shape index (κ1) is 14.4. The van der Waals surface area contributed by atoms with Gasteiger partial charge in [-0.25, -0.2) is 4.98 Å². The molecule has 2 N–H and O–H groups in total. The standard InChI is InChI=1S/C14H20F2N4O/c1-19(7-10-18-4-5-20(10)14(15)16)13(21)11-8-2-3-9(6-8)12(11)17/h4-5,8-9,11-12,14H,2-3,6-7,17H2,1H3. The molecule has 21 heavy (non-hydrogen) atoms. The Morgan fingerprint density at radius 3 is 2.86 bits per heavy atom. The van der Waals surface area contributed by atoms with Gasteiger partial charge in [0.05, 0.1) is 12.5 Å². The topological polar surface area (TPSA) is 64.2 Å². The van der Waals surface area contributed by atoms with Gasteiger partial charge in [-0.15, -0.1) is 0 Å². The third-order valence-electron chi connectivity index (χ3n) is 4.98. The summed E-state index contributed by atoms with van der Waals surface area (Å²) in [6.07, 6.45) is 5.73. The molecule has 0 spiro atoms. The minimum Gasteiger partial charge on any atom is -0.338 e. The Morgan fingerprint density at radius 1 is 1.52 bits per heavy atom. The number of imidazole rings is 1. The van der Waals surface area contributed by atoms with Gasteiger partial charge in [0.2, 0.25) is 5.91 Å². The average Bonchev–Trinajstić information content (AvgIpc) is 3.12. The molecule has 4 unspecified atom stereocenters. The van der Waals surface area contributed by atoms with Crippen molar-refractivity contribution in [3.05, 3.63) is 18.2 Å². The van der Waals surface area contributed by atoms with Crippen LogP contribution >= 0.6 is 0 Å². The fourth-order valence-electron chi connectivity index (χ4n) is 3.89. The third kappa shape index (κ3) is 2.43. The average molecular weight is 298 g/mol. The number of alkyl halides is 2. The highest BCUT2D eigenvalue weighted by atomic mass is 19.3. The van der Waals surface area contributed by atoms with Crippen molar-refractivity contribution in [3.8, 4) is 0 Å². The van der Waals surface area contributed by atoms with Crippen LogP contribution in [0.3, 0.4) is 0 Å². The van der Waals surface area contributed by atoms with E-state index in [1.54, 1.807) is 7.05 Å². The maximum atomic E-state index is 12.8. The highest BCUT2D eigenvalue weighted by Gasteiger charge is 2.49. The smallest absolute Gasteiger partial charge is 0.319 e. The Kier molecular flexibility index (Phi) is 3.69. The minimum absolute atomic E-state index is 0.0430. The first-order valence-corrected chi connectivity index (χ1v) is 7.29. The molecule has 2 fully saturated rings. The number of rotatable bonds is 4. The molecule has 1 aromatic heterocycles. The summed E-state index contributed by atoms with van der Waals surface area (Å²) in [5, 5.41) is 0. The van der Waals surface area contributed by atoms with Crippen molar-refractivity contribution < 1.29 is 13.6 Å². The predicted molar refractivity (Wildman–Crippen MR) is 72.3 cm³/mol. The maximum absolute atomic E-state index is 12.8. The number of aromatic nitrogens is 2. The lowest BCUT2D eigenvalue weighted by Gasteiger charge is -2.30. The third-order valence-corrected chi connectivity index (χ3v) is 4.98.